The molecule has 0 amide bonds. The fourth-order valence-corrected chi connectivity index (χ4v) is 2.21. The Bertz CT molecular complexity index is 458. The molecule has 2 N–H and O–H groups in total. The first kappa shape index (κ1) is 9.97. The van der Waals surface area contributed by atoms with Gasteiger partial charge in [0.25, 0.3) is 0 Å². The Labute approximate surface area is 89.8 Å². The Hall–Kier alpha value is -1.57. The molecule has 0 saturated heterocycles. The van der Waals surface area contributed by atoms with Crippen LogP contribution < -0.4 is 5.73 Å². The third-order valence-electron chi connectivity index (χ3n) is 2.95. The highest BCUT2D eigenvalue weighted by atomic mass is 16.1. The smallest absolute Gasteiger partial charge is 0.160 e. The number of hydrogen-bond acceptors (Lipinski definition) is 2. The van der Waals surface area contributed by atoms with Gasteiger partial charge < -0.3 is 5.73 Å². The molecular formula is C13H15NO. The summed E-state index contributed by atoms with van der Waals surface area (Å²) in [6.07, 6.45) is 1.99. The lowest BCUT2D eigenvalue weighted by molar-refractivity contribution is -0.111. The number of ketones is 1. The molecule has 1 aliphatic carbocycles. The molecule has 0 unspecified atom stereocenters. The highest BCUT2D eigenvalue weighted by Gasteiger charge is 2.19. The molecule has 1 aromatic carbocycles. The normalized spacial score (nSPS) is 15.1. The number of carbonyl (C=O) groups is 1. The largest absolute Gasteiger partial charge is 0.399 e. The maximum atomic E-state index is 11.6. The minimum atomic E-state index is 0.138. The van der Waals surface area contributed by atoms with Crippen molar-refractivity contribution in [2.24, 2.45) is 0 Å². The number of nitrogen functional groups attached to an aromatic ring is 1. The standard InChI is InChI=1S/C13H15NO/c1-8-3-4-10-5-6-11(14)7-12(10)13(8)9(2)15/h5-7H,3-4,14H2,1-2H3. The summed E-state index contributed by atoms with van der Waals surface area (Å²) in [5.74, 6) is 0.138. The summed E-state index contributed by atoms with van der Waals surface area (Å²) < 4.78 is 0. The van der Waals surface area contributed by atoms with Gasteiger partial charge in [-0.2, -0.15) is 0 Å². The molecule has 2 rings (SSSR count). The van der Waals surface area contributed by atoms with Crippen molar-refractivity contribution < 1.29 is 4.79 Å². The van der Waals surface area contributed by atoms with Crippen molar-refractivity contribution in [2.45, 2.75) is 26.7 Å². The van der Waals surface area contributed by atoms with Gasteiger partial charge in [-0.1, -0.05) is 11.6 Å². The predicted molar refractivity (Wildman–Crippen MR) is 62.5 cm³/mol. The van der Waals surface area contributed by atoms with Crippen LogP contribution in [0.1, 0.15) is 31.4 Å². The fraction of sp³-hybridized carbons (Fsp3) is 0.308. The van der Waals surface area contributed by atoms with Gasteiger partial charge >= 0.3 is 0 Å². The summed E-state index contributed by atoms with van der Waals surface area (Å²) in [4.78, 5) is 11.6. The van der Waals surface area contributed by atoms with Crippen LogP contribution in [0.4, 0.5) is 5.69 Å². The molecule has 0 bridgehead atoms. The number of nitrogens with two attached hydrogens (primary N) is 1. The second-order valence-electron chi connectivity index (χ2n) is 4.13. The van der Waals surface area contributed by atoms with E-state index in [1.807, 2.05) is 25.1 Å². The Balaban J connectivity index is 2.64. The van der Waals surface area contributed by atoms with E-state index in [0.717, 1.165) is 29.7 Å². The topological polar surface area (TPSA) is 43.1 Å². The van der Waals surface area contributed by atoms with Crippen molar-refractivity contribution in [1.82, 2.24) is 0 Å². The number of aryl methyl sites for hydroxylation is 1. The van der Waals surface area contributed by atoms with E-state index in [-0.39, 0.29) is 5.78 Å². The van der Waals surface area contributed by atoms with E-state index in [2.05, 4.69) is 0 Å². The van der Waals surface area contributed by atoms with E-state index in [1.165, 1.54) is 11.1 Å². The minimum absolute atomic E-state index is 0.138. The van der Waals surface area contributed by atoms with Crippen molar-refractivity contribution in [3.63, 3.8) is 0 Å². The molecule has 0 aromatic heterocycles. The summed E-state index contributed by atoms with van der Waals surface area (Å²) in [5, 5.41) is 0. The molecule has 0 radical (unpaired) electrons. The second-order valence-corrected chi connectivity index (χ2v) is 4.13. The Morgan fingerprint density at radius 3 is 2.73 bits per heavy atom. The number of anilines is 1. The summed E-state index contributed by atoms with van der Waals surface area (Å²) >= 11 is 0. The summed E-state index contributed by atoms with van der Waals surface area (Å²) in [7, 11) is 0. The molecule has 0 saturated carbocycles. The van der Waals surface area contributed by atoms with Crippen molar-refractivity contribution in [3.8, 4) is 0 Å². The van der Waals surface area contributed by atoms with E-state index in [4.69, 9.17) is 5.73 Å². The lowest BCUT2D eigenvalue weighted by Crippen LogP contribution is -2.09. The molecule has 2 heteroatoms. The van der Waals surface area contributed by atoms with Crippen LogP contribution in [0.15, 0.2) is 23.8 Å². The average molecular weight is 201 g/mol. The highest BCUT2D eigenvalue weighted by Crippen LogP contribution is 2.32. The van der Waals surface area contributed by atoms with E-state index >= 15 is 0 Å². The van der Waals surface area contributed by atoms with Gasteiger partial charge in [0.2, 0.25) is 0 Å². The number of Topliss-reactive ketones (excluding diaryl/α,β-unsaturated/α-hetero) is 1. The number of rotatable bonds is 1. The Kier molecular flexibility index (Phi) is 2.35. The first-order chi connectivity index (χ1) is 7.09. The maximum absolute atomic E-state index is 11.6. The molecule has 1 aromatic rings. The number of fused-ring (bicyclic) bond motifs is 1. The molecule has 0 fully saturated rings. The summed E-state index contributed by atoms with van der Waals surface area (Å²) in [5.41, 5.74) is 10.8. The van der Waals surface area contributed by atoms with Crippen LogP contribution in [0, 0.1) is 0 Å². The SMILES string of the molecule is CC(=O)C1=C(C)CCc2ccc(N)cc21. The van der Waals surface area contributed by atoms with Gasteiger partial charge in [0, 0.05) is 11.3 Å². The third kappa shape index (κ3) is 1.67. The highest BCUT2D eigenvalue weighted by molar-refractivity contribution is 6.21. The van der Waals surface area contributed by atoms with Crippen molar-refractivity contribution in [3.05, 3.63) is 34.9 Å². The van der Waals surface area contributed by atoms with Crippen LogP contribution in [0.2, 0.25) is 0 Å². The molecule has 2 nitrogen and oxygen atoms in total. The fourth-order valence-electron chi connectivity index (χ4n) is 2.21. The second kappa shape index (κ2) is 3.54. The molecule has 78 valence electrons. The van der Waals surface area contributed by atoms with Crippen LogP contribution in [-0.2, 0) is 11.2 Å². The lowest BCUT2D eigenvalue weighted by atomic mass is 9.84. The van der Waals surface area contributed by atoms with Crippen LogP contribution in [0.25, 0.3) is 5.57 Å². The Morgan fingerprint density at radius 1 is 1.33 bits per heavy atom. The number of carbonyl (C=O) groups excluding carboxylic acids is 1. The molecule has 1 aliphatic rings. The van der Waals surface area contributed by atoms with Crippen LogP contribution in [-0.4, -0.2) is 5.78 Å². The van der Waals surface area contributed by atoms with Gasteiger partial charge in [0.1, 0.15) is 0 Å². The zero-order chi connectivity index (χ0) is 11.0. The maximum Gasteiger partial charge on any atom is 0.160 e. The van der Waals surface area contributed by atoms with E-state index in [1.54, 1.807) is 6.92 Å². The van der Waals surface area contributed by atoms with Crippen molar-refractivity contribution in [2.75, 3.05) is 5.73 Å². The molecule has 0 heterocycles. The quantitative estimate of drug-likeness (QED) is 0.710. The molecule has 0 aliphatic heterocycles. The Morgan fingerprint density at radius 2 is 2.07 bits per heavy atom. The van der Waals surface area contributed by atoms with Crippen molar-refractivity contribution >= 4 is 17.0 Å². The summed E-state index contributed by atoms with van der Waals surface area (Å²) in [6.45, 7) is 3.65. The summed E-state index contributed by atoms with van der Waals surface area (Å²) in [6, 6.07) is 5.84. The van der Waals surface area contributed by atoms with Crippen LogP contribution in [0.3, 0.4) is 0 Å². The van der Waals surface area contributed by atoms with Gasteiger partial charge in [-0.25, -0.2) is 0 Å². The molecule has 0 spiro atoms. The first-order valence-corrected chi connectivity index (χ1v) is 5.19. The zero-order valence-corrected chi connectivity index (χ0v) is 9.13. The number of benzene rings is 1. The van der Waals surface area contributed by atoms with Gasteiger partial charge in [0.15, 0.2) is 5.78 Å². The predicted octanol–water partition coefficient (Wildman–Crippen LogP) is 2.58. The van der Waals surface area contributed by atoms with Gasteiger partial charge in [-0.05, 0) is 49.9 Å². The van der Waals surface area contributed by atoms with E-state index < -0.39 is 0 Å². The first-order valence-electron chi connectivity index (χ1n) is 5.19. The van der Waals surface area contributed by atoms with Crippen LogP contribution >= 0.6 is 0 Å². The lowest BCUT2D eigenvalue weighted by Gasteiger charge is -2.20. The number of hydrogen-bond donors (Lipinski definition) is 1. The molecular weight excluding hydrogens is 186 g/mol. The van der Waals surface area contributed by atoms with Crippen LogP contribution in [0.5, 0.6) is 0 Å². The molecule has 15 heavy (non-hydrogen) atoms. The average Bonchev–Trinajstić information content (AvgIpc) is 2.16. The van der Waals surface area contributed by atoms with E-state index in [0.29, 0.717) is 0 Å². The van der Waals surface area contributed by atoms with E-state index in [9.17, 15) is 4.79 Å². The van der Waals surface area contributed by atoms with Gasteiger partial charge in [-0.15, -0.1) is 0 Å². The van der Waals surface area contributed by atoms with Crippen molar-refractivity contribution in [1.29, 1.82) is 0 Å². The molecule has 0 atom stereocenters. The third-order valence-corrected chi connectivity index (χ3v) is 2.95. The number of allylic oxidation sites excluding steroid dienone is 2. The minimum Gasteiger partial charge on any atom is -0.399 e. The van der Waals surface area contributed by atoms with Gasteiger partial charge in [-0.3, -0.25) is 4.79 Å². The zero-order valence-electron chi connectivity index (χ0n) is 9.13. The monoisotopic (exact) mass is 201 g/mol. The van der Waals surface area contributed by atoms with Gasteiger partial charge in [0.05, 0.1) is 0 Å².